The van der Waals surface area contributed by atoms with Crippen LogP contribution in [0.15, 0.2) is 40.8 Å². The van der Waals surface area contributed by atoms with Crippen molar-refractivity contribution in [3.05, 3.63) is 47.2 Å². The summed E-state index contributed by atoms with van der Waals surface area (Å²) in [5, 5.41) is 0.690. The van der Waals surface area contributed by atoms with Gasteiger partial charge in [0.1, 0.15) is 11.5 Å². The molecule has 0 radical (unpaired) electrons. The number of halogens is 1. The summed E-state index contributed by atoms with van der Waals surface area (Å²) in [5.41, 5.74) is 6.24. The Morgan fingerprint density at radius 2 is 1.95 bits per heavy atom. The number of primary amides is 1. The zero-order chi connectivity index (χ0) is 14.7. The van der Waals surface area contributed by atoms with E-state index in [1.165, 1.54) is 0 Å². The normalized spacial score (nSPS) is 12.6. The Morgan fingerprint density at radius 3 is 2.55 bits per heavy atom. The van der Waals surface area contributed by atoms with Gasteiger partial charge in [-0.05, 0) is 50.4 Å². The Kier molecular flexibility index (Phi) is 4.47. The molecule has 106 valence electrons. The van der Waals surface area contributed by atoms with Crippen molar-refractivity contribution in [1.29, 1.82) is 0 Å². The van der Waals surface area contributed by atoms with Crippen LogP contribution in [0.4, 0.5) is 0 Å². The van der Waals surface area contributed by atoms with Crippen LogP contribution in [0.5, 0.6) is 0 Å². The molecule has 0 unspecified atom stereocenters. The van der Waals surface area contributed by atoms with Crippen LogP contribution in [0.3, 0.4) is 0 Å². The molecule has 1 heterocycles. The fourth-order valence-corrected chi connectivity index (χ4v) is 1.96. The van der Waals surface area contributed by atoms with Crippen molar-refractivity contribution < 1.29 is 9.21 Å². The van der Waals surface area contributed by atoms with Crippen LogP contribution in [0.1, 0.15) is 12.7 Å². The van der Waals surface area contributed by atoms with Gasteiger partial charge in [0.15, 0.2) is 0 Å². The number of nitrogens with zero attached hydrogens (tertiary/aromatic N) is 1. The van der Waals surface area contributed by atoms with E-state index in [9.17, 15) is 4.79 Å². The second-order valence-corrected chi connectivity index (χ2v) is 5.20. The van der Waals surface area contributed by atoms with E-state index < -0.39 is 0 Å². The maximum absolute atomic E-state index is 11.1. The van der Waals surface area contributed by atoms with Crippen molar-refractivity contribution in [2.45, 2.75) is 19.5 Å². The van der Waals surface area contributed by atoms with Crippen LogP contribution < -0.4 is 5.73 Å². The Labute approximate surface area is 123 Å². The number of benzene rings is 1. The summed E-state index contributed by atoms with van der Waals surface area (Å²) >= 11 is 5.86. The van der Waals surface area contributed by atoms with E-state index in [4.69, 9.17) is 21.8 Å². The average Bonchev–Trinajstić information content (AvgIpc) is 2.87. The van der Waals surface area contributed by atoms with Crippen LogP contribution in [0, 0.1) is 0 Å². The highest BCUT2D eigenvalue weighted by Crippen LogP contribution is 2.24. The summed E-state index contributed by atoms with van der Waals surface area (Å²) in [4.78, 5) is 13.0. The molecule has 0 bridgehead atoms. The second kappa shape index (κ2) is 6.11. The number of carbonyl (C=O) groups excluding carboxylic acids is 1. The molecule has 0 saturated carbocycles. The lowest BCUT2D eigenvalue weighted by molar-refractivity contribution is -0.122. The molecule has 1 amide bonds. The molecule has 5 heteroatoms. The topological polar surface area (TPSA) is 59.5 Å². The Morgan fingerprint density at radius 1 is 1.30 bits per heavy atom. The third kappa shape index (κ3) is 3.40. The van der Waals surface area contributed by atoms with Gasteiger partial charge in [-0.15, -0.1) is 0 Å². The van der Waals surface area contributed by atoms with E-state index in [-0.39, 0.29) is 11.9 Å². The van der Waals surface area contributed by atoms with Crippen molar-refractivity contribution in [2.75, 3.05) is 7.05 Å². The molecule has 0 spiro atoms. The molecule has 2 N–H and O–H groups in total. The number of nitrogens with two attached hydrogens (primary N) is 1. The molecule has 20 heavy (non-hydrogen) atoms. The molecule has 1 aromatic heterocycles. The SMILES string of the molecule is C[C@H](C(N)=O)N(C)Cc1ccc(-c2ccc(Cl)cc2)o1. The minimum atomic E-state index is -0.350. The molecule has 1 atom stereocenters. The van der Waals surface area contributed by atoms with Crippen LogP contribution in [-0.2, 0) is 11.3 Å². The number of furan rings is 1. The summed E-state index contributed by atoms with van der Waals surface area (Å²) in [7, 11) is 1.83. The standard InChI is InChI=1S/C15H17ClN2O2/c1-10(15(17)19)18(2)9-13-7-8-14(20-13)11-3-5-12(16)6-4-11/h3-8,10H,9H2,1-2H3,(H2,17,19)/t10-/m1/s1. The Bertz CT molecular complexity index is 592. The summed E-state index contributed by atoms with van der Waals surface area (Å²) < 4.78 is 5.77. The van der Waals surface area contributed by atoms with Gasteiger partial charge in [-0.1, -0.05) is 11.6 Å². The van der Waals surface area contributed by atoms with Crippen LogP contribution in [0.2, 0.25) is 5.02 Å². The molecule has 0 aliphatic heterocycles. The van der Waals surface area contributed by atoms with Crippen molar-refractivity contribution in [2.24, 2.45) is 5.73 Å². The summed E-state index contributed by atoms with van der Waals surface area (Å²) in [5.74, 6) is 1.21. The van der Waals surface area contributed by atoms with Gasteiger partial charge in [0.05, 0.1) is 12.6 Å². The zero-order valence-electron chi connectivity index (χ0n) is 11.5. The monoisotopic (exact) mass is 292 g/mol. The quantitative estimate of drug-likeness (QED) is 0.922. The van der Waals surface area contributed by atoms with E-state index in [1.54, 1.807) is 6.92 Å². The smallest absolute Gasteiger partial charge is 0.234 e. The first kappa shape index (κ1) is 14.6. The summed E-state index contributed by atoms with van der Waals surface area (Å²) in [6.07, 6.45) is 0. The molecule has 0 aliphatic rings. The molecule has 1 aromatic carbocycles. The third-order valence-corrected chi connectivity index (χ3v) is 3.52. The zero-order valence-corrected chi connectivity index (χ0v) is 12.2. The predicted octanol–water partition coefficient (Wildman–Crippen LogP) is 2.91. The number of carbonyl (C=O) groups is 1. The van der Waals surface area contributed by atoms with Crippen molar-refractivity contribution >= 4 is 17.5 Å². The highest BCUT2D eigenvalue weighted by Gasteiger charge is 2.16. The lowest BCUT2D eigenvalue weighted by Crippen LogP contribution is -2.39. The van der Waals surface area contributed by atoms with Gasteiger partial charge in [-0.2, -0.15) is 0 Å². The lowest BCUT2D eigenvalue weighted by atomic mass is 10.2. The maximum Gasteiger partial charge on any atom is 0.234 e. The fraction of sp³-hybridized carbons (Fsp3) is 0.267. The summed E-state index contributed by atoms with van der Waals surface area (Å²) in [6, 6.07) is 10.9. The van der Waals surface area contributed by atoms with Crippen LogP contribution in [-0.4, -0.2) is 23.9 Å². The van der Waals surface area contributed by atoms with Crippen molar-refractivity contribution in [1.82, 2.24) is 4.90 Å². The number of hydrogen-bond donors (Lipinski definition) is 1. The lowest BCUT2D eigenvalue weighted by Gasteiger charge is -2.20. The Hall–Kier alpha value is -1.78. The number of likely N-dealkylation sites (N-methyl/N-ethyl adjacent to an activating group) is 1. The molecular weight excluding hydrogens is 276 g/mol. The van der Waals surface area contributed by atoms with E-state index in [1.807, 2.05) is 48.3 Å². The number of rotatable bonds is 5. The minimum absolute atomic E-state index is 0.334. The third-order valence-electron chi connectivity index (χ3n) is 3.27. The van der Waals surface area contributed by atoms with E-state index >= 15 is 0 Å². The molecular formula is C15H17ClN2O2. The van der Waals surface area contributed by atoms with Gasteiger partial charge in [-0.25, -0.2) is 0 Å². The molecule has 0 saturated heterocycles. The van der Waals surface area contributed by atoms with Gasteiger partial charge in [-0.3, -0.25) is 9.69 Å². The van der Waals surface area contributed by atoms with Crippen molar-refractivity contribution in [3.63, 3.8) is 0 Å². The van der Waals surface area contributed by atoms with E-state index in [0.29, 0.717) is 11.6 Å². The summed E-state index contributed by atoms with van der Waals surface area (Å²) in [6.45, 7) is 2.29. The predicted molar refractivity (Wildman–Crippen MR) is 79.3 cm³/mol. The number of hydrogen-bond acceptors (Lipinski definition) is 3. The second-order valence-electron chi connectivity index (χ2n) is 4.77. The molecule has 4 nitrogen and oxygen atoms in total. The number of amides is 1. The van der Waals surface area contributed by atoms with E-state index in [2.05, 4.69) is 0 Å². The van der Waals surface area contributed by atoms with Gasteiger partial charge in [0, 0.05) is 10.6 Å². The first-order chi connectivity index (χ1) is 9.47. The highest BCUT2D eigenvalue weighted by molar-refractivity contribution is 6.30. The van der Waals surface area contributed by atoms with Gasteiger partial charge < -0.3 is 10.2 Å². The van der Waals surface area contributed by atoms with Crippen LogP contribution >= 0.6 is 11.6 Å². The van der Waals surface area contributed by atoms with Gasteiger partial charge in [0.2, 0.25) is 5.91 Å². The minimum Gasteiger partial charge on any atom is -0.460 e. The highest BCUT2D eigenvalue weighted by atomic mass is 35.5. The molecule has 2 aromatic rings. The van der Waals surface area contributed by atoms with E-state index in [0.717, 1.165) is 17.1 Å². The van der Waals surface area contributed by atoms with Gasteiger partial charge >= 0.3 is 0 Å². The Balaban J connectivity index is 2.09. The average molecular weight is 293 g/mol. The van der Waals surface area contributed by atoms with Crippen molar-refractivity contribution in [3.8, 4) is 11.3 Å². The molecule has 0 fully saturated rings. The molecule has 2 rings (SSSR count). The largest absolute Gasteiger partial charge is 0.460 e. The van der Waals surface area contributed by atoms with Gasteiger partial charge in [0.25, 0.3) is 0 Å². The first-order valence-corrected chi connectivity index (χ1v) is 6.69. The van der Waals surface area contributed by atoms with Crippen LogP contribution in [0.25, 0.3) is 11.3 Å². The first-order valence-electron chi connectivity index (χ1n) is 6.31. The fourth-order valence-electron chi connectivity index (χ4n) is 1.83. The maximum atomic E-state index is 11.1. The molecule has 0 aliphatic carbocycles.